The van der Waals surface area contributed by atoms with Gasteiger partial charge in [0.25, 0.3) is 6.47 Å². The summed E-state index contributed by atoms with van der Waals surface area (Å²) >= 11 is 12.1. The molecule has 1 unspecified atom stereocenters. The van der Waals surface area contributed by atoms with E-state index in [0.717, 1.165) is 12.8 Å². The van der Waals surface area contributed by atoms with E-state index < -0.39 is 18.1 Å². The Bertz CT molecular complexity index is 1240. The third-order valence-corrected chi connectivity index (χ3v) is 8.35. The molecule has 0 spiro atoms. The summed E-state index contributed by atoms with van der Waals surface area (Å²) in [7, 11) is 0. The van der Waals surface area contributed by atoms with Gasteiger partial charge in [0, 0.05) is 37.8 Å². The first-order valence-corrected chi connectivity index (χ1v) is 15.1. The highest BCUT2D eigenvalue weighted by Crippen LogP contribution is 2.30. The molecule has 4 N–H and O–H groups in total. The van der Waals surface area contributed by atoms with Crippen LogP contribution in [0.25, 0.3) is 0 Å². The Morgan fingerprint density at radius 2 is 1.98 bits per heavy atom. The zero-order valence-electron chi connectivity index (χ0n) is 24.2. The quantitative estimate of drug-likeness (QED) is 0.249. The van der Waals surface area contributed by atoms with E-state index in [2.05, 4.69) is 27.3 Å². The molecule has 2 saturated heterocycles. The molecule has 2 amide bonds. The fourth-order valence-corrected chi connectivity index (χ4v) is 5.93. The highest BCUT2D eigenvalue weighted by atomic mass is 35.5. The smallest absolute Gasteiger partial charge is 0.305 e. The number of rotatable bonds is 11. The van der Waals surface area contributed by atoms with Gasteiger partial charge in [-0.2, -0.15) is 0 Å². The maximum atomic E-state index is 14.0. The van der Waals surface area contributed by atoms with Crippen LogP contribution in [0, 0.1) is 0 Å². The number of halogens is 2. The van der Waals surface area contributed by atoms with Gasteiger partial charge in [0.1, 0.15) is 6.04 Å². The SMILES string of the molecule is CCOC(=O)CC[C@H](C(=O)NCc1cc(Cl)c(Cl)cn1)N1CCC(CCc2ccccc2)N2C[C@H](N)C[C@H]2C1=O.O=CO. The summed E-state index contributed by atoms with van der Waals surface area (Å²) in [6.07, 6.45) is 4.62. The Morgan fingerprint density at radius 1 is 1.26 bits per heavy atom. The number of benzene rings is 1. The molecule has 2 fully saturated rings. The second-order valence-electron chi connectivity index (χ2n) is 10.5. The van der Waals surface area contributed by atoms with Crippen LogP contribution in [0.4, 0.5) is 0 Å². The molecular weight excluding hydrogens is 597 g/mol. The van der Waals surface area contributed by atoms with E-state index in [1.165, 1.54) is 11.8 Å². The predicted octanol–water partition coefficient (Wildman–Crippen LogP) is 3.05. The molecule has 13 heteroatoms. The highest BCUT2D eigenvalue weighted by Gasteiger charge is 2.45. The molecule has 2 aliphatic rings. The molecule has 0 aliphatic carbocycles. The number of aromatic nitrogens is 1. The van der Waals surface area contributed by atoms with Crippen LogP contribution in [0.2, 0.25) is 10.0 Å². The van der Waals surface area contributed by atoms with E-state index in [-0.39, 0.29) is 56.4 Å². The van der Waals surface area contributed by atoms with Crippen LogP contribution in [0.15, 0.2) is 42.6 Å². The predicted molar refractivity (Wildman–Crippen MR) is 162 cm³/mol. The lowest BCUT2D eigenvalue weighted by atomic mass is 10.0. The Morgan fingerprint density at radius 3 is 2.65 bits per heavy atom. The first-order valence-electron chi connectivity index (χ1n) is 14.3. The Hall–Kier alpha value is -3.25. The molecule has 0 saturated carbocycles. The number of esters is 1. The topological polar surface area (TPSA) is 155 Å². The molecular formula is C30H39Cl2N5O6. The maximum Gasteiger partial charge on any atom is 0.305 e. The van der Waals surface area contributed by atoms with Crippen LogP contribution >= 0.6 is 23.2 Å². The average Bonchev–Trinajstić information content (AvgIpc) is 3.33. The molecule has 4 rings (SSSR count). The molecule has 234 valence electrons. The van der Waals surface area contributed by atoms with Gasteiger partial charge >= 0.3 is 5.97 Å². The van der Waals surface area contributed by atoms with Crippen LogP contribution in [0.5, 0.6) is 0 Å². The number of pyridine rings is 1. The fourth-order valence-electron chi connectivity index (χ4n) is 5.66. The molecule has 11 nitrogen and oxygen atoms in total. The maximum absolute atomic E-state index is 14.0. The number of carbonyl (C=O) groups is 4. The Labute approximate surface area is 261 Å². The van der Waals surface area contributed by atoms with Crippen molar-refractivity contribution < 1.29 is 29.0 Å². The van der Waals surface area contributed by atoms with Gasteiger partial charge in [0.15, 0.2) is 0 Å². The van der Waals surface area contributed by atoms with Gasteiger partial charge in [0.05, 0.1) is 34.9 Å². The van der Waals surface area contributed by atoms with Crippen LogP contribution in [-0.4, -0.2) is 88.0 Å². The molecule has 2 aliphatic heterocycles. The lowest BCUT2D eigenvalue weighted by molar-refractivity contribution is -0.147. The molecule has 43 heavy (non-hydrogen) atoms. The van der Waals surface area contributed by atoms with Crippen molar-refractivity contribution in [3.05, 3.63) is 63.9 Å². The Balaban J connectivity index is 0.00000162. The van der Waals surface area contributed by atoms with Crippen molar-refractivity contribution in [2.24, 2.45) is 5.73 Å². The minimum atomic E-state index is -0.841. The van der Waals surface area contributed by atoms with Crippen molar-refractivity contribution in [2.45, 2.75) is 76.2 Å². The highest BCUT2D eigenvalue weighted by molar-refractivity contribution is 6.41. The van der Waals surface area contributed by atoms with E-state index in [4.69, 9.17) is 43.6 Å². The van der Waals surface area contributed by atoms with Gasteiger partial charge in [-0.25, -0.2) is 0 Å². The number of fused-ring (bicyclic) bond motifs is 1. The number of nitrogens with two attached hydrogens (primary N) is 1. The zero-order valence-corrected chi connectivity index (χ0v) is 25.7. The summed E-state index contributed by atoms with van der Waals surface area (Å²) in [6, 6.07) is 10.7. The second kappa shape index (κ2) is 17.1. The van der Waals surface area contributed by atoms with E-state index in [1.807, 2.05) is 18.2 Å². The van der Waals surface area contributed by atoms with Crippen molar-refractivity contribution in [3.8, 4) is 0 Å². The summed E-state index contributed by atoms with van der Waals surface area (Å²) in [4.78, 5) is 56.2. The number of aryl methyl sites for hydroxylation is 1. The van der Waals surface area contributed by atoms with Gasteiger partial charge in [-0.1, -0.05) is 53.5 Å². The molecule has 2 aromatic rings. The summed E-state index contributed by atoms with van der Waals surface area (Å²) in [5.74, 6) is -0.882. The lowest BCUT2D eigenvalue weighted by Gasteiger charge is -2.32. The minimum absolute atomic E-state index is 0.0199. The van der Waals surface area contributed by atoms with Crippen molar-refractivity contribution in [1.82, 2.24) is 20.1 Å². The number of nitrogens with one attached hydrogen (secondary N) is 1. The summed E-state index contributed by atoms with van der Waals surface area (Å²) in [6.45, 7) is 2.89. The van der Waals surface area contributed by atoms with Gasteiger partial charge in [-0.15, -0.1) is 0 Å². The van der Waals surface area contributed by atoms with E-state index >= 15 is 0 Å². The number of hydrogen-bond acceptors (Lipinski definition) is 8. The summed E-state index contributed by atoms with van der Waals surface area (Å²) in [5, 5.41) is 10.4. The molecule has 0 radical (unpaired) electrons. The normalized spacial score (nSPS) is 20.7. The average molecular weight is 637 g/mol. The van der Waals surface area contributed by atoms with Crippen LogP contribution in [0.3, 0.4) is 0 Å². The Kier molecular flexibility index (Phi) is 13.7. The van der Waals surface area contributed by atoms with Crippen molar-refractivity contribution in [1.29, 1.82) is 0 Å². The van der Waals surface area contributed by atoms with Crippen LogP contribution < -0.4 is 11.1 Å². The van der Waals surface area contributed by atoms with Gasteiger partial charge in [0.2, 0.25) is 11.8 Å². The largest absolute Gasteiger partial charge is 0.483 e. The molecule has 3 heterocycles. The molecule has 1 aromatic heterocycles. The third kappa shape index (κ3) is 9.89. The van der Waals surface area contributed by atoms with Crippen molar-refractivity contribution >= 4 is 47.5 Å². The van der Waals surface area contributed by atoms with Gasteiger partial charge in [-0.05, 0) is 50.7 Å². The monoisotopic (exact) mass is 635 g/mol. The number of ether oxygens (including phenoxy) is 1. The minimum Gasteiger partial charge on any atom is -0.483 e. The lowest BCUT2D eigenvalue weighted by Crippen LogP contribution is -2.53. The molecule has 4 atom stereocenters. The first-order chi connectivity index (χ1) is 20.7. The number of hydrogen-bond donors (Lipinski definition) is 3. The first kappa shape index (κ1) is 34.2. The molecule has 0 bridgehead atoms. The van der Waals surface area contributed by atoms with E-state index in [1.54, 1.807) is 17.9 Å². The van der Waals surface area contributed by atoms with Gasteiger partial charge in [-0.3, -0.25) is 29.1 Å². The number of carboxylic acid groups (broad SMARTS) is 1. The van der Waals surface area contributed by atoms with E-state index in [9.17, 15) is 14.4 Å². The number of carbonyl (C=O) groups excluding carboxylic acids is 3. The third-order valence-electron chi connectivity index (χ3n) is 7.64. The van der Waals surface area contributed by atoms with Crippen molar-refractivity contribution in [3.63, 3.8) is 0 Å². The van der Waals surface area contributed by atoms with Gasteiger partial charge < -0.3 is 25.8 Å². The number of amides is 2. The summed E-state index contributed by atoms with van der Waals surface area (Å²) < 4.78 is 5.10. The van der Waals surface area contributed by atoms with Crippen LogP contribution in [-0.2, 0) is 36.9 Å². The van der Waals surface area contributed by atoms with Crippen molar-refractivity contribution in [2.75, 3.05) is 19.7 Å². The summed E-state index contributed by atoms with van der Waals surface area (Å²) in [5.41, 5.74) is 8.12. The number of nitrogens with zero attached hydrogens (tertiary/aromatic N) is 3. The van der Waals surface area contributed by atoms with Crippen LogP contribution in [0.1, 0.15) is 50.3 Å². The zero-order chi connectivity index (χ0) is 31.4. The van der Waals surface area contributed by atoms with E-state index in [0.29, 0.717) is 41.7 Å². The second-order valence-corrected chi connectivity index (χ2v) is 11.3. The molecule has 1 aromatic carbocycles. The standard InChI is InChI=1S/C29H37Cl2N5O4.CH2O2/c1-2-40-27(37)11-10-25(28(38)34-16-21-15-23(30)24(31)17-33-21)35-13-12-22(9-8-19-6-4-3-5-7-19)36-18-20(32)14-26(36)29(35)39;2-1-3/h3-7,15,17,20,22,25-26H,2,8-14,16,18,32H2,1H3,(H,34,38);1H,(H,2,3)/t20-,22?,25-,26+;/m1./s1. The fraction of sp³-hybridized carbons (Fsp3) is 0.500.